The van der Waals surface area contributed by atoms with E-state index in [1.165, 1.54) is 0 Å². The van der Waals surface area contributed by atoms with E-state index < -0.39 is 0 Å². The number of methoxy groups -OCH3 is 2. The Balaban J connectivity index is 1.94. The van der Waals surface area contributed by atoms with Crippen molar-refractivity contribution in [2.75, 3.05) is 39.7 Å². The van der Waals surface area contributed by atoms with Crippen LogP contribution in [0.5, 0.6) is 11.5 Å². The average molecular weight is 371 g/mol. The van der Waals surface area contributed by atoms with Crippen molar-refractivity contribution in [3.63, 3.8) is 0 Å². The molecule has 0 spiro atoms. The van der Waals surface area contributed by atoms with E-state index in [4.69, 9.17) is 9.47 Å². The molecule has 6 nitrogen and oxygen atoms in total. The molecular weight excluding hydrogens is 342 g/mol. The van der Waals surface area contributed by atoms with E-state index in [2.05, 4.69) is 17.2 Å². The maximum Gasteiger partial charge on any atom is 0.253 e. The summed E-state index contributed by atoms with van der Waals surface area (Å²) in [7, 11) is 5.09. The number of anilines is 1. The van der Waals surface area contributed by atoms with E-state index in [0.29, 0.717) is 23.7 Å². The number of hydrogen-bond donors (Lipinski definition) is 1. The Morgan fingerprint density at radius 1 is 1.15 bits per heavy atom. The average Bonchev–Trinajstić information content (AvgIpc) is 2.71. The van der Waals surface area contributed by atoms with Crippen LogP contribution in [0.2, 0.25) is 0 Å². The fourth-order valence-electron chi connectivity index (χ4n) is 2.75. The quantitative estimate of drug-likeness (QED) is 0.691. The summed E-state index contributed by atoms with van der Waals surface area (Å²) in [6, 6.07) is 9.44. The Kier molecular flexibility index (Phi) is 7.92. The summed E-state index contributed by atoms with van der Waals surface area (Å²) in [4.78, 5) is 18.5. The number of amides is 1. The zero-order chi connectivity index (χ0) is 19.6. The number of nitrogens with zero attached hydrogens (tertiary/aromatic N) is 2. The number of aromatic nitrogens is 1. The molecule has 0 saturated heterocycles. The molecule has 0 fully saturated rings. The minimum absolute atomic E-state index is 0.0220. The van der Waals surface area contributed by atoms with Gasteiger partial charge in [-0.25, -0.2) is 4.98 Å². The third-order valence-corrected chi connectivity index (χ3v) is 4.37. The van der Waals surface area contributed by atoms with Crippen LogP contribution in [0.25, 0.3) is 0 Å². The Hall–Kier alpha value is -2.76. The molecule has 1 N–H and O–H groups in total. The van der Waals surface area contributed by atoms with Gasteiger partial charge in [-0.1, -0.05) is 19.4 Å². The molecule has 0 unspecified atom stereocenters. The summed E-state index contributed by atoms with van der Waals surface area (Å²) in [6.07, 6.45) is 4.54. The molecule has 6 heteroatoms. The monoisotopic (exact) mass is 371 g/mol. The number of unbranched alkanes of at least 4 members (excludes halogenated alkanes) is 1. The summed E-state index contributed by atoms with van der Waals surface area (Å²) in [5, 5.41) is 3.28. The fraction of sp³-hybridized carbons (Fsp3) is 0.429. The molecular formula is C21H29N3O3. The Morgan fingerprint density at radius 3 is 2.63 bits per heavy atom. The third kappa shape index (κ3) is 5.88. The summed E-state index contributed by atoms with van der Waals surface area (Å²) in [5.41, 5.74) is 1.78. The molecule has 0 bridgehead atoms. The van der Waals surface area contributed by atoms with Gasteiger partial charge in [0, 0.05) is 31.9 Å². The summed E-state index contributed by atoms with van der Waals surface area (Å²) in [6.45, 7) is 3.58. The zero-order valence-corrected chi connectivity index (χ0v) is 16.6. The lowest BCUT2D eigenvalue weighted by Crippen LogP contribution is -2.27. The molecule has 27 heavy (non-hydrogen) atoms. The number of pyridine rings is 1. The van der Waals surface area contributed by atoms with Gasteiger partial charge in [0.05, 0.1) is 14.2 Å². The van der Waals surface area contributed by atoms with Crippen LogP contribution in [0.4, 0.5) is 5.82 Å². The lowest BCUT2D eigenvalue weighted by molar-refractivity contribution is 0.0793. The van der Waals surface area contributed by atoms with Crippen molar-refractivity contribution in [1.29, 1.82) is 0 Å². The van der Waals surface area contributed by atoms with Crippen molar-refractivity contribution >= 4 is 11.7 Å². The van der Waals surface area contributed by atoms with E-state index in [1.807, 2.05) is 25.2 Å². The lowest BCUT2D eigenvalue weighted by atomic mass is 10.1. The summed E-state index contributed by atoms with van der Waals surface area (Å²) >= 11 is 0. The van der Waals surface area contributed by atoms with Crippen LogP contribution < -0.4 is 14.8 Å². The maximum absolute atomic E-state index is 12.5. The number of hydrogen-bond acceptors (Lipinski definition) is 5. The zero-order valence-electron chi connectivity index (χ0n) is 16.6. The highest BCUT2D eigenvalue weighted by atomic mass is 16.5. The Bertz CT molecular complexity index is 749. The smallest absolute Gasteiger partial charge is 0.253 e. The first-order valence-electron chi connectivity index (χ1n) is 9.25. The van der Waals surface area contributed by atoms with Gasteiger partial charge in [0.2, 0.25) is 0 Å². The molecule has 0 aliphatic carbocycles. The molecule has 0 aliphatic rings. The SMILES string of the molecule is CCCCN(C)C(=O)c1ccnc(NCCc2ccc(OC)c(OC)c2)c1. The van der Waals surface area contributed by atoms with Crippen LogP contribution in [0.15, 0.2) is 36.5 Å². The minimum Gasteiger partial charge on any atom is -0.493 e. The first kappa shape index (κ1) is 20.6. The molecule has 0 saturated carbocycles. The molecule has 0 radical (unpaired) electrons. The molecule has 1 aromatic carbocycles. The number of carbonyl (C=O) groups excluding carboxylic acids is 1. The molecule has 146 valence electrons. The van der Waals surface area contributed by atoms with Crippen LogP contribution in [0, 0.1) is 0 Å². The molecule has 1 amide bonds. The number of ether oxygens (including phenoxy) is 2. The van der Waals surface area contributed by atoms with Gasteiger partial charge < -0.3 is 19.7 Å². The van der Waals surface area contributed by atoms with Crippen LogP contribution in [0.1, 0.15) is 35.7 Å². The fourth-order valence-corrected chi connectivity index (χ4v) is 2.75. The van der Waals surface area contributed by atoms with Gasteiger partial charge in [-0.3, -0.25) is 4.79 Å². The van der Waals surface area contributed by atoms with Gasteiger partial charge >= 0.3 is 0 Å². The molecule has 1 aromatic heterocycles. The summed E-state index contributed by atoms with van der Waals surface area (Å²) in [5.74, 6) is 2.16. The highest BCUT2D eigenvalue weighted by Gasteiger charge is 2.12. The Labute approximate surface area is 161 Å². The van der Waals surface area contributed by atoms with Crippen molar-refractivity contribution in [3.05, 3.63) is 47.7 Å². The number of carbonyl (C=O) groups is 1. The number of nitrogens with one attached hydrogen (secondary N) is 1. The second-order valence-electron chi connectivity index (χ2n) is 6.38. The van der Waals surface area contributed by atoms with Gasteiger partial charge in [-0.15, -0.1) is 0 Å². The number of benzene rings is 1. The van der Waals surface area contributed by atoms with Gasteiger partial charge in [0.15, 0.2) is 11.5 Å². The van der Waals surface area contributed by atoms with E-state index in [1.54, 1.807) is 37.4 Å². The molecule has 2 aromatic rings. The predicted molar refractivity (Wildman–Crippen MR) is 108 cm³/mol. The van der Waals surface area contributed by atoms with Gasteiger partial charge in [-0.05, 0) is 42.7 Å². The second kappa shape index (κ2) is 10.4. The van der Waals surface area contributed by atoms with E-state index in [-0.39, 0.29) is 5.91 Å². The third-order valence-electron chi connectivity index (χ3n) is 4.37. The summed E-state index contributed by atoms with van der Waals surface area (Å²) < 4.78 is 10.6. The molecule has 0 atom stereocenters. The van der Waals surface area contributed by atoms with Crippen LogP contribution >= 0.6 is 0 Å². The topological polar surface area (TPSA) is 63.7 Å². The van der Waals surface area contributed by atoms with Crippen LogP contribution in [0.3, 0.4) is 0 Å². The molecule has 0 aliphatic heterocycles. The van der Waals surface area contributed by atoms with Crippen molar-refractivity contribution < 1.29 is 14.3 Å². The maximum atomic E-state index is 12.5. The normalized spacial score (nSPS) is 10.4. The first-order chi connectivity index (χ1) is 13.1. The lowest BCUT2D eigenvalue weighted by Gasteiger charge is -2.17. The van der Waals surface area contributed by atoms with Crippen LogP contribution in [-0.2, 0) is 6.42 Å². The second-order valence-corrected chi connectivity index (χ2v) is 6.38. The van der Waals surface area contributed by atoms with Crippen molar-refractivity contribution in [2.24, 2.45) is 0 Å². The first-order valence-corrected chi connectivity index (χ1v) is 9.25. The molecule has 2 rings (SSSR count). The van der Waals surface area contributed by atoms with Gasteiger partial charge in [0.25, 0.3) is 5.91 Å². The van der Waals surface area contributed by atoms with Crippen LogP contribution in [-0.4, -0.2) is 50.1 Å². The largest absolute Gasteiger partial charge is 0.493 e. The van der Waals surface area contributed by atoms with Gasteiger partial charge in [-0.2, -0.15) is 0 Å². The van der Waals surface area contributed by atoms with E-state index in [9.17, 15) is 4.79 Å². The Morgan fingerprint density at radius 2 is 1.93 bits per heavy atom. The number of rotatable bonds is 10. The highest BCUT2D eigenvalue weighted by molar-refractivity contribution is 5.94. The van der Waals surface area contributed by atoms with Crippen molar-refractivity contribution in [1.82, 2.24) is 9.88 Å². The standard InChI is InChI=1S/C21H29N3O3/c1-5-6-13-24(2)21(25)17-10-12-23-20(15-17)22-11-9-16-7-8-18(26-3)19(14-16)27-4/h7-8,10,12,14-15H,5-6,9,11,13H2,1-4H3,(H,22,23). The molecule has 1 heterocycles. The predicted octanol–water partition coefficient (Wildman–Crippen LogP) is 3.63. The van der Waals surface area contributed by atoms with Crippen molar-refractivity contribution in [2.45, 2.75) is 26.2 Å². The highest BCUT2D eigenvalue weighted by Crippen LogP contribution is 2.27. The van der Waals surface area contributed by atoms with Crippen molar-refractivity contribution in [3.8, 4) is 11.5 Å². The minimum atomic E-state index is 0.0220. The van der Waals surface area contributed by atoms with E-state index in [0.717, 1.165) is 37.1 Å². The van der Waals surface area contributed by atoms with Gasteiger partial charge in [0.1, 0.15) is 5.82 Å². The van der Waals surface area contributed by atoms with E-state index >= 15 is 0 Å².